The van der Waals surface area contributed by atoms with Crippen molar-refractivity contribution in [3.8, 4) is 5.75 Å². The number of nitrogens with zero attached hydrogens (tertiary/aromatic N) is 4. The summed E-state index contributed by atoms with van der Waals surface area (Å²) in [6, 6.07) is 12.2. The first-order chi connectivity index (χ1) is 13.6. The highest BCUT2D eigenvalue weighted by molar-refractivity contribution is 9.10. The topological polar surface area (TPSA) is 58.0 Å². The van der Waals surface area contributed by atoms with Gasteiger partial charge in [0, 0.05) is 55.5 Å². The number of hydrazone groups is 1. The van der Waals surface area contributed by atoms with Gasteiger partial charge >= 0.3 is 0 Å². The van der Waals surface area contributed by atoms with Crippen LogP contribution in [0.2, 0.25) is 0 Å². The highest BCUT2D eigenvalue weighted by atomic mass is 79.9. The second-order valence-corrected chi connectivity index (χ2v) is 8.48. The maximum atomic E-state index is 11.8. The van der Waals surface area contributed by atoms with Gasteiger partial charge in [-0.3, -0.25) is 9.78 Å². The zero-order chi connectivity index (χ0) is 19.3. The van der Waals surface area contributed by atoms with Gasteiger partial charge in [0.1, 0.15) is 5.75 Å². The van der Waals surface area contributed by atoms with E-state index < -0.39 is 5.72 Å². The molecule has 1 aromatic carbocycles. The van der Waals surface area contributed by atoms with Gasteiger partial charge in [0.25, 0.3) is 0 Å². The van der Waals surface area contributed by atoms with Crippen molar-refractivity contribution in [3.05, 3.63) is 58.3 Å². The van der Waals surface area contributed by atoms with Gasteiger partial charge in [-0.05, 0) is 30.3 Å². The number of carbonyl (C=O) groups excluding carboxylic acids is 1. The lowest BCUT2D eigenvalue weighted by Gasteiger charge is -2.51. The third-order valence-corrected chi connectivity index (χ3v) is 6.40. The van der Waals surface area contributed by atoms with Gasteiger partial charge in [0.05, 0.1) is 17.4 Å². The van der Waals surface area contributed by atoms with E-state index in [-0.39, 0.29) is 11.9 Å². The van der Waals surface area contributed by atoms with Gasteiger partial charge in [0.2, 0.25) is 11.6 Å². The molecule has 0 aliphatic carbocycles. The molecule has 0 radical (unpaired) electrons. The van der Waals surface area contributed by atoms with E-state index in [1.165, 1.54) is 0 Å². The summed E-state index contributed by atoms with van der Waals surface area (Å²) in [6.45, 7) is 2.99. The van der Waals surface area contributed by atoms with Crippen LogP contribution in [0, 0.1) is 0 Å². The Morgan fingerprint density at radius 3 is 2.79 bits per heavy atom. The van der Waals surface area contributed by atoms with E-state index in [2.05, 4.69) is 32.0 Å². The fourth-order valence-electron chi connectivity index (χ4n) is 4.44. The van der Waals surface area contributed by atoms with E-state index in [9.17, 15) is 4.79 Å². The number of hydrogen-bond acceptors (Lipinski definition) is 5. The van der Waals surface area contributed by atoms with Crippen molar-refractivity contribution in [2.45, 2.75) is 38.0 Å². The quantitative estimate of drug-likeness (QED) is 0.677. The fraction of sp³-hybridized carbons (Fsp3) is 0.381. The van der Waals surface area contributed by atoms with Crippen molar-refractivity contribution < 1.29 is 9.53 Å². The van der Waals surface area contributed by atoms with Crippen molar-refractivity contribution in [1.82, 2.24) is 14.9 Å². The molecule has 0 bridgehead atoms. The van der Waals surface area contributed by atoms with Gasteiger partial charge in [-0.15, -0.1) is 0 Å². The van der Waals surface area contributed by atoms with Crippen LogP contribution in [0.5, 0.6) is 5.75 Å². The number of hydrogen-bond donors (Lipinski definition) is 0. The van der Waals surface area contributed by atoms with Crippen LogP contribution < -0.4 is 4.74 Å². The average molecular weight is 441 g/mol. The lowest BCUT2D eigenvalue weighted by molar-refractivity contribution is -0.158. The van der Waals surface area contributed by atoms with Crippen molar-refractivity contribution in [2.24, 2.45) is 5.10 Å². The van der Waals surface area contributed by atoms with Crippen LogP contribution in [0.1, 0.15) is 43.5 Å². The number of likely N-dealkylation sites (tertiary alicyclic amines) is 1. The summed E-state index contributed by atoms with van der Waals surface area (Å²) in [5, 5.41) is 7.14. The summed E-state index contributed by atoms with van der Waals surface area (Å²) in [4.78, 5) is 18.2. The van der Waals surface area contributed by atoms with Crippen molar-refractivity contribution in [3.63, 3.8) is 0 Å². The number of ether oxygens (including phenoxy) is 1. The van der Waals surface area contributed by atoms with Gasteiger partial charge in [-0.2, -0.15) is 5.10 Å². The molecule has 1 atom stereocenters. The minimum atomic E-state index is -0.520. The number of benzene rings is 1. The van der Waals surface area contributed by atoms with Crippen molar-refractivity contribution in [2.75, 3.05) is 13.1 Å². The van der Waals surface area contributed by atoms with Crippen LogP contribution in [0.25, 0.3) is 0 Å². The van der Waals surface area contributed by atoms with Crippen LogP contribution in [-0.4, -0.2) is 45.3 Å². The smallest absolute Gasteiger partial charge is 0.219 e. The predicted octanol–water partition coefficient (Wildman–Crippen LogP) is 3.73. The number of piperidine rings is 1. The second kappa shape index (κ2) is 6.58. The summed E-state index contributed by atoms with van der Waals surface area (Å²) >= 11 is 3.59. The largest absolute Gasteiger partial charge is 0.466 e. The Kier molecular flexibility index (Phi) is 4.16. The summed E-state index contributed by atoms with van der Waals surface area (Å²) in [7, 11) is 0. The molecule has 3 aliphatic heterocycles. The zero-order valence-corrected chi connectivity index (χ0v) is 17.2. The molecule has 0 N–H and O–H groups in total. The Labute approximate surface area is 172 Å². The molecule has 6 nitrogen and oxygen atoms in total. The Balaban J connectivity index is 1.56. The first-order valence-corrected chi connectivity index (χ1v) is 10.4. The Morgan fingerprint density at radius 2 is 2.07 bits per heavy atom. The van der Waals surface area contributed by atoms with Gasteiger partial charge in [-0.1, -0.05) is 22.0 Å². The van der Waals surface area contributed by atoms with Crippen molar-refractivity contribution in [1.29, 1.82) is 0 Å². The third-order valence-electron chi connectivity index (χ3n) is 5.91. The number of pyridine rings is 1. The fourth-order valence-corrected chi connectivity index (χ4v) is 4.82. The molecule has 2 aromatic rings. The lowest BCUT2D eigenvalue weighted by atomic mass is 9.91. The number of carbonyl (C=O) groups is 1. The minimum absolute atomic E-state index is 0.113. The summed E-state index contributed by atoms with van der Waals surface area (Å²) in [6.07, 6.45) is 4.06. The molecule has 7 heteroatoms. The van der Waals surface area contributed by atoms with E-state index >= 15 is 0 Å². The van der Waals surface area contributed by atoms with Crippen LogP contribution in [0.4, 0.5) is 0 Å². The second-order valence-electron chi connectivity index (χ2n) is 7.56. The lowest BCUT2D eigenvalue weighted by Crippen LogP contribution is -2.59. The number of halogens is 1. The molecule has 1 amide bonds. The van der Waals surface area contributed by atoms with Gasteiger partial charge in [0.15, 0.2) is 0 Å². The third kappa shape index (κ3) is 2.80. The molecular weight excluding hydrogens is 420 g/mol. The predicted molar refractivity (Wildman–Crippen MR) is 109 cm³/mol. The van der Waals surface area contributed by atoms with E-state index in [4.69, 9.17) is 9.84 Å². The molecule has 1 spiro atoms. The van der Waals surface area contributed by atoms with E-state index in [0.717, 1.165) is 46.5 Å². The first kappa shape index (κ1) is 17.7. The molecule has 1 unspecified atom stereocenters. The average Bonchev–Trinajstić information content (AvgIpc) is 3.17. The first-order valence-electron chi connectivity index (χ1n) is 9.58. The standard InChI is InChI=1S/C21H21BrN4O2/c1-14(27)25-10-7-21(8-11-25)26-19(16-12-15(22)5-6-20(16)28-21)13-18(24-26)17-4-2-3-9-23-17/h2-6,9,12,19H,7-8,10-11,13H2,1H3. The maximum absolute atomic E-state index is 11.8. The van der Waals surface area contributed by atoms with Crippen LogP contribution in [-0.2, 0) is 4.79 Å². The molecule has 0 saturated carbocycles. The highest BCUT2D eigenvalue weighted by Gasteiger charge is 2.52. The van der Waals surface area contributed by atoms with E-state index in [0.29, 0.717) is 13.1 Å². The molecule has 1 saturated heterocycles. The van der Waals surface area contributed by atoms with E-state index in [1.807, 2.05) is 35.2 Å². The molecule has 3 aliphatic rings. The highest BCUT2D eigenvalue weighted by Crippen LogP contribution is 2.50. The maximum Gasteiger partial charge on any atom is 0.219 e. The summed E-state index contributed by atoms with van der Waals surface area (Å²) in [5.41, 5.74) is 2.51. The summed E-state index contributed by atoms with van der Waals surface area (Å²) in [5.74, 6) is 1.03. The molecule has 5 rings (SSSR count). The minimum Gasteiger partial charge on any atom is -0.466 e. The molecule has 1 fully saturated rings. The van der Waals surface area contributed by atoms with Gasteiger partial charge < -0.3 is 9.64 Å². The van der Waals surface area contributed by atoms with E-state index in [1.54, 1.807) is 13.1 Å². The Morgan fingerprint density at radius 1 is 1.25 bits per heavy atom. The van der Waals surface area contributed by atoms with Crippen molar-refractivity contribution >= 4 is 27.5 Å². The number of rotatable bonds is 1. The zero-order valence-electron chi connectivity index (χ0n) is 15.6. The monoisotopic (exact) mass is 440 g/mol. The number of fused-ring (bicyclic) bond motifs is 4. The van der Waals surface area contributed by atoms with Crippen LogP contribution in [0.3, 0.4) is 0 Å². The molecule has 144 valence electrons. The summed E-state index contributed by atoms with van der Waals surface area (Å²) < 4.78 is 7.61. The van der Waals surface area contributed by atoms with Gasteiger partial charge in [-0.25, -0.2) is 5.01 Å². The normalized spacial score (nSPS) is 22.4. The van der Waals surface area contributed by atoms with Crippen LogP contribution in [0.15, 0.2) is 52.2 Å². The number of amides is 1. The molecule has 28 heavy (non-hydrogen) atoms. The molecule has 1 aromatic heterocycles. The van der Waals surface area contributed by atoms with Crippen LogP contribution >= 0.6 is 15.9 Å². The SMILES string of the molecule is CC(=O)N1CCC2(CC1)Oc1ccc(Br)cc1C1CC(c3ccccn3)=NN12. The Hall–Kier alpha value is -2.41. The number of aromatic nitrogens is 1. The Bertz CT molecular complexity index is 954. The molecular formula is C21H21BrN4O2. The molecule has 4 heterocycles.